The van der Waals surface area contributed by atoms with Crippen LogP contribution in [-0.4, -0.2) is 21.5 Å². The Kier molecular flexibility index (Phi) is 2.89. The monoisotopic (exact) mass is 181 g/mol. The highest BCUT2D eigenvalue weighted by atomic mass is 16.3. The average Bonchev–Trinajstić information content (AvgIpc) is 2.41. The molecule has 6 nitrogen and oxygen atoms in total. The van der Waals surface area contributed by atoms with Gasteiger partial charge in [0.05, 0.1) is 12.3 Å². The summed E-state index contributed by atoms with van der Waals surface area (Å²) in [6, 6.07) is -0.578. The van der Waals surface area contributed by atoms with Crippen LogP contribution >= 0.6 is 0 Å². The Labute approximate surface area is 75.4 Å². The predicted molar refractivity (Wildman–Crippen MR) is 46.9 cm³/mol. The second kappa shape index (κ2) is 3.93. The first-order valence-electron chi connectivity index (χ1n) is 3.84. The van der Waals surface area contributed by atoms with Crippen molar-refractivity contribution in [1.29, 1.82) is 0 Å². The van der Waals surface area contributed by atoms with Crippen LogP contribution in [0.2, 0.25) is 0 Å². The summed E-state index contributed by atoms with van der Waals surface area (Å²) in [4.78, 5) is 2.65. The fourth-order valence-electron chi connectivity index (χ4n) is 1.19. The SMILES string of the molecule is Cc1cn(C)nc1C(CO)N=[N+]=[N-]. The van der Waals surface area contributed by atoms with Crippen molar-refractivity contribution in [2.75, 3.05) is 6.61 Å². The minimum absolute atomic E-state index is 0.220. The maximum Gasteiger partial charge on any atom is 0.105 e. The van der Waals surface area contributed by atoms with Crippen molar-refractivity contribution in [2.45, 2.75) is 13.0 Å². The minimum Gasteiger partial charge on any atom is -0.396 e. The van der Waals surface area contributed by atoms with Crippen LogP contribution in [-0.2, 0) is 7.05 Å². The molecule has 1 N–H and O–H groups in total. The lowest BCUT2D eigenvalue weighted by Gasteiger charge is -2.03. The fraction of sp³-hybridized carbons (Fsp3) is 0.571. The van der Waals surface area contributed by atoms with Gasteiger partial charge in [-0.2, -0.15) is 5.10 Å². The molecule has 0 radical (unpaired) electrons. The average molecular weight is 181 g/mol. The van der Waals surface area contributed by atoms with Gasteiger partial charge in [-0.1, -0.05) is 5.11 Å². The van der Waals surface area contributed by atoms with E-state index in [4.69, 9.17) is 10.6 Å². The smallest absolute Gasteiger partial charge is 0.105 e. The summed E-state index contributed by atoms with van der Waals surface area (Å²) in [7, 11) is 1.78. The van der Waals surface area contributed by atoms with E-state index < -0.39 is 6.04 Å². The van der Waals surface area contributed by atoms with E-state index in [0.717, 1.165) is 5.56 Å². The number of aliphatic hydroxyl groups excluding tert-OH is 1. The first-order valence-corrected chi connectivity index (χ1v) is 3.84. The number of hydrogen-bond donors (Lipinski definition) is 1. The molecule has 0 spiro atoms. The van der Waals surface area contributed by atoms with Crippen LogP contribution in [0.1, 0.15) is 17.3 Å². The largest absolute Gasteiger partial charge is 0.396 e. The molecular weight excluding hydrogens is 170 g/mol. The standard InChI is InChI=1S/C7H11N5O/c1-5-3-12(2)10-7(5)6(4-13)9-11-8/h3,6,13H,4H2,1-2H3. The molecule has 0 saturated heterocycles. The summed E-state index contributed by atoms with van der Waals surface area (Å²) in [6.07, 6.45) is 1.81. The molecule has 1 atom stereocenters. The Morgan fingerprint density at radius 1 is 1.85 bits per heavy atom. The summed E-state index contributed by atoms with van der Waals surface area (Å²) in [5.74, 6) is 0. The zero-order valence-electron chi connectivity index (χ0n) is 7.55. The van der Waals surface area contributed by atoms with E-state index in [0.29, 0.717) is 5.69 Å². The van der Waals surface area contributed by atoms with Crippen LogP contribution in [0.5, 0.6) is 0 Å². The number of nitrogens with zero attached hydrogens (tertiary/aromatic N) is 5. The lowest BCUT2D eigenvalue weighted by molar-refractivity contribution is 0.265. The number of aromatic nitrogens is 2. The van der Waals surface area contributed by atoms with Gasteiger partial charge in [0.1, 0.15) is 6.04 Å². The van der Waals surface area contributed by atoms with Gasteiger partial charge in [0.15, 0.2) is 0 Å². The highest BCUT2D eigenvalue weighted by Gasteiger charge is 2.14. The third-order valence-electron chi connectivity index (χ3n) is 1.73. The molecule has 0 saturated carbocycles. The highest BCUT2D eigenvalue weighted by Crippen LogP contribution is 2.18. The van der Waals surface area contributed by atoms with Crippen molar-refractivity contribution < 1.29 is 5.11 Å². The molecule has 0 aliphatic heterocycles. The summed E-state index contributed by atoms with van der Waals surface area (Å²) < 4.78 is 1.63. The molecule has 1 aromatic rings. The number of azide groups is 1. The minimum atomic E-state index is -0.578. The van der Waals surface area contributed by atoms with Crippen molar-refractivity contribution in [3.05, 3.63) is 27.9 Å². The lowest BCUT2D eigenvalue weighted by Crippen LogP contribution is -2.03. The van der Waals surface area contributed by atoms with Gasteiger partial charge in [-0.25, -0.2) is 0 Å². The number of rotatable bonds is 3. The Bertz CT molecular complexity index is 339. The van der Waals surface area contributed by atoms with Gasteiger partial charge in [0.2, 0.25) is 0 Å². The number of aryl methyl sites for hydroxylation is 2. The molecule has 1 unspecified atom stereocenters. The van der Waals surface area contributed by atoms with Crippen LogP contribution in [0.25, 0.3) is 10.4 Å². The van der Waals surface area contributed by atoms with Gasteiger partial charge in [-0.15, -0.1) is 0 Å². The Morgan fingerprint density at radius 3 is 2.92 bits per heavy atom. The van der Waals surface area contributed by atoms with Crippen molar-refractivity contribution in [3.8, 4) is 0 Å². The van der Waals surface area contributed by atoms with Crippen molar-refractivity contribution in [2.24, 2.45) is 12.2 Å². The van der Waals surface area contributed by atoms with Gasteiger partial charge in [0, 0.05) is 18.2 Å². The maximum atomic E-state index is 8.93. The van der Waals surface area contributed by atoms with Gasteiger partial charge in [-0.05, 0) is 18.0 Å². The predicted octanol–water partition coefficient (Wildman–Crippen LogP) is 1.07. The van der Waals surface area contributed by atoms with E-state index in [1.807, 2.05) is 13.1 Å². The Balaban J connectivity index is 3.03. The van der Waals surface area contributed by atoms with Crippen molar-refractivity contribution in [3.63, 3.8) is 0 Å². The molecular formula is C7H11N5O. The number of aliphatic hydroxyl groups is 1. The molecule has 0 fully saturated rings. The van der Waals surface area contributed by atoms with Crippen LogP contribution in [0.4, 0.5) is 0 Å². The molecule has 1 aromatic heterocycles. The molecule has 0 aromatic carbocycles. The molecule has 0 bridgehead atoms. The number of hydrogen-bond acceptors (Lipinski definition) is 3. The van der Waals surface area contributed by atoms with Crippen molar-refractivity contribution in [1.82, 2.24) is 9.78 Å². The van der Waals surface area contributed by atoms with Gasteiger partial charge >= 0.3 is 0 Å². The molecule has 0 aliphatic carbocycles. The van der Waals surface area contributed by atoms with E-state index in [2.05, 4.69) is 15.1 Å². The van der Waals surface area contributed by atoms with Gasteiger partial charge < -0.3 is 5.11 Å². The molecule has 0 amide bonds. The summed E-state index contributed by atoms with van der Waals surface area (Å²) in [5, 5.41) is 16.5. The molecule has 6 heteroatoms. The molecule has 1 heterocycles. The highest BCUT2D eigenvalue weighted by molar-refractivity contribution is 5.18. The van der Waals surface area contributed by atoms with E-state index in [1.165, 1.54) is 0 Å². The second-order valence-corrected chi connectivity index (χ2v) is 2.77. The van der Waals surface area contributed by atoms with E-state index >= 15 is 0 Å². The third kappa shape index (κ3) is 1.99. The van der Waals surface area contributed by atoms with Crippen LogP contribution in [0, 0.1) is 6.92 Å². The van der Waals surface area contributed by atoms with Crippen LogP contribution in [0.3, 0.4) is 0 Å². The fourth-order valence-corrected chi connectivity index (χ4v) is 1.19. The van der Waals surface area contributed by atoms with Gasteiger partial charge in [-0.3, -0.25) is 4.68 Å². The zero-order valence-corrected chi connectivity index (χ0v) is 7.55. The quantitative estimate of drug-likeness (QED) is 0.429. The molecule has 13 heavy (non-hydrogen) atoms. The van der Waals surface area contributed by atoms with Gasteiger partial charge in [0.25, 0.3) is 0 Å². The van der Waals surface area contributed by atoms with E-state index in [1.54, 1.807) is 11.7 Å². The third-order valence-corrected chi connectivity index (χ3v) is 1.73. The first-order chi connectivity index (χ1) is 6.19. The van der Waals surface area contributed by atoms with Crippen LogP contribution in [0.15, 0.2) is 11.3 Å². The maximum absolute atomic E-state index is 8.93. The second-order valence-electron chi connectivity index (χ2n) is 2.77. The summed E-state index contributed by atoms with van der Waals surface area (Å²) >= 11 is 0. The topological polar surface area (TPSA) is 86.8 Å². The first kappa shape index (κ1) is 9.57. The normalized spacial score (nSPS) is 12.2. The van der Waals surface area contributed by atoms with Crippen molar-refractivity contribution >= 4 is 0 Å². The molecule has 0 aliphatic rings. The zero-order chi connectivity index (χ0) is 9.84. The van der Waals surface area contributed by atoms with Crippen LogP contribution < -0.4 is 0 Å². The van der Waals surface area contributed by atoms with E-state index in [9.17, 15) is 0 Å². The summed E-state index contributed by atoms with van der Waals surface area (Å²) in [5.41, 5.74) is 9.78. The Hall–Kier alpha value is -1.52. The molecule has 1 rings (SSSR count). The molecule has 70 valence electrons. The summed E-state index contributed by atoms with van der Waals surface area (Å²) in [6.45, 7) is 1.64. The lowest BCUT2D eigenvalue weighted by atomic mass is 10.1. The Morgan fingerprint density at radius 2 is 2.54 bits per heavy atom. The van der Waals surface area contributed by atoms with E-state index in [-0.39, 0.29) is 6.61 Å².